The topological polar surface area (TPSA) is 95.9 Å². The van der Waals surface area contributed by atoms with Crippen LogP contribution in [0.15, 0.2) is 36.5 Å². The highest BCUT2D eigenvalue weighted by atomic mass is 16.5. The van der Waals surface area contributed by atoms with Crippen molar-refractivity contribution in [3.8, 4) is 0 Å². The van der Waals surface area contributed by atoms with Gasteiger partial charge in [0.25, 0.3) is 0 Å². The minimum atomic E-state index is -0.667. The fourth-order valence-corrected chi connectivity index (χ4v) is 9.08. The summed E-state index contributed by atoms with van der Waals surface area (Å²) in [6, 6.07) is -0.545. The summed E-state index contributed by atoms with van der Waals surface area (Å²) < 4.78 is 5.46. The zero-order chi connectivity index (χ0) is 48.6. The van der Waals surface area contributed by atoms with Gasteiger partial charge in [-0.2, -0.15) is 0 Å². The Morgan fingerprint density at radius 1 is 0.418 bits per heavy atom. The average molecular weight is 943 g/mol. The molecule has 2 atom stereocenters. The third-order valence-corrected chi connectivity index (χ3v) is 13.7. The standard InChI is InChI=1S/C61H115NO5/c1-3-5-7-9-11-13-15-30-35-39-43-47-51-55-61(66)67-56-52-48-44-40-36-32-29-27-25-23-21-19-17-18-20-22-24-26-28-31-34-38-42-46-50-54-60(65)62-58(57-63)59(64)53-49-45-41-37-33-16-14-12-10-8-6-4-2/h13,15,18-21,58-59,63-64H,3-12,14,16-17,22-57H2,1-2H3,(H,62,65)/b15-13-,20-18-,21-19-. The Morgan fingerprint density at radius 2 is 0.746 bits per heavy atom. The van der Waals surface area contributed by atoms with E-state index in [1.807, 2.05) is 0 Å². The molecule has 394 valence electrons. The lowest BCUT2D eigenvalue weighted by atomic mass is 10.0. The summed E-state index contributed by atoms with van der Waals surface area (Å²) in [6.07, 6.45) is 70.0. The Labute approximate surface area is 417 Å². The Hall–Kier alpha value is -1.92. The van der Waals surface area contributed by atoms with Gasteiger partial charge in [0.15, 0.2) is 0 Å². The second-order valence-electron chi connectivity index (χ2n) is 20.3. The van der Waals surface area contributed by atoms with Crippen LogP contribution in [-0.2, 0) is 14.3 Å². The van der Waals surface area contributed by atoms with Crippen LogP contribution in [0.4, 0.5) is 0 Å². The Morgan fingerprint density at radius 3 is 1.16 bits per heavy atom. The number of hydrogen-bond donors (Lipinski definition) is 3. The van der Waals surface area contributed by atoms with Crippen LogP contribution in [-0.4, -0.2) is 47.4 Å². The van der Waals surface area contributed by atoms with E-state index in [-0.39, 0.29) is 18.5 Å². The van der Waals surface area contributed by atoms with Crippen molar-refractivity contribution in [3.05, 3.63) is 36.5 Å². The molecule has 0 bridgehead atoms. The summed E-state index contributed by atoms with van der Waals surface area (Å²) >= 11 is 0. The maximum Gasteiger partial charge on any atom is 0.305 e. The molecule has 0 aliphatic carbocycles. The first-order valence-electron chi connectivity index (χ1n) is 29.7. The molecule has 0 aromatic rings. The van der Waals surface area contributed by atoms with E-state index in [2.05, 4.69) is 55.6 Å². The number of ether oxygens (including phenoxy) is 1. The minimum Gasteiger partial charge on any atom is -0.466 e. The SMILES string of the molecule is CCCCCC/C=C\CCCCCCCC(=O)OCCCCCCCCCCC/C=C\C/C=C\CCCCCCCCCCCC(=O)NC(CO)C(O)CCCCCCCCCCCCCC. The molecule has 0 aromatic heterocycles. The van der Waals surface area contributed by atoms with Crippen LogP contribution in [0.25, 0.3) is 0 Å². The van der Waals surface area contributed by atoms with E-state index < -0.39 is 12.1 Å². The molecule has 0 saturated carbocycles. The number of carbonyl (C=O) groups excluding carboxylic acids is 2. The van der Waals surface area contributed by atoms with E-state index >= 15 is 0 Å². The van der Waals surface area contributed by atoms with Gasteiger partial charge in [-0.3, -0.25) is 9.59 Å². The van der Waals surface area contributed by atoms with Crippen molar-refractivity contribution in [1.82, 2.24) is 5.32 Å². The molecule has 1 amide bonds. The molecule has 2 unspecified atom stereocenters. The van der Waals surface area contributed by atoms with Gasteiger partial charge < -0.3 is 20.3 Å². The second-order valence-corrected chi connectivity index (χ2v) is 20.3. The van der Waals surface area contributed by atoms with Crippen LogP contribution in [0.3, 0.4) is 0 Å². The first-order valence-corrected chi connectivity index (χ1v) is 29.7. The molecule has 0 saturated heterocycles. The Bertz CT molecular complexity index is 1090. The van der Waals surface area contributed by atoms with E-state index in [9.17, 15) is 19.8 Å². The first kappa shape index (κ1) is 65.1. The molecule has 0 aliphatic heterocycles. The second kappa shape index (κ2) is 56.7. The monoisotopic (exact) mass is 942 g/mol. The molecule has 0 rings (SSSR count). The third kappa shape index (κ3) is 53.3. The van der Waals surface area contributed by atoms with Gasteiger partial charge in [-0.15, -0.1) is 0 Å². The lowest BCUT2D eigenvalue weighted by Crippen LogP contribution is -2.45. The zero-order valence-corrected chi connectivity index (χ0v) is 44.9. The maximum absolute atomic E-state index is 12.4. The number of unbranched alkanes of at least 4 members (excludes halogenated alkanes) is 38. The number of esters is 1. The average Bonchev–Trinajstić information content (AvgIpc) is 3.33. The summed E-state index contributed by atoms with van der Waals surface area (Å²) in [4.78, 5) is 24.5. The highest BCUT2D eigenvalue weighted by Crippen LogP contribution is 2.17. The summed E-state index contributed by atoms with van der Waals surface area (Å²) in [6.45, 7) is 4.93. The molecule has 6 nitrogen and oxygen atoms in total. The number of nitrogens with one attached hydrogen (secondary N) is 1. The third-order valence-electron chi connectivity index (χ3n) is 13.7. The minimum absolute atomic E-state index is 0.000498. The fourth-order valence-electron chi connectivity index (χ4n) is 9.08. The number of carbonyl (C=O) groups is 2. The first-order chi connectivity index (χ1) is 33.0. The van der Waals surface area contributed by atoms with Crippen LogP contribution in [0.5, 0.6) is 0 Å². The van der Waals surface area contributed by atoms with Crippen molar-refractivity contribution in [1.29, 1.82) is 0 Å². The highest BCUT2D eigenvalue weighted by Gasteiger charge is 2.20. The molecule has 0 aromatic carbocycles. The predicted octanol–water partition coefficient (Wildman–Crippen LogP) is 18.4. The van der Waals surface area contributed by atoms with Crippen molar-refractivity contribution >= 4 is 11.9 Å². The van der Waals surface area contributed by atoms with Gasteiger partial charge in [-0.1, -0.05) is 256 Å². The van der Waals surface area contributed by atoms with Gasteiger partial charge in [0.2, 0.25) is 5.91 Å². The molecule has 67 heavy (non-hydrogen) atoms. The summed E-state index contributed by atoms with van der Waals surface area (Å²) in [5.74, 6) is -0.0419. The molecular weight excluding hydrogens is 827 g/mol. The molecule has 3 N–H and O–H groups in total. The van der Waals surface area contributed by atoms with E-state index in [0.717, 1.165) is 51.4 Å². The van der Waals surface area contributed by atoms with Gasteiger partial charge in [0.1, 0.15) is 0 Å². The normalized spacial score (nSPS) is 12.8. The number of hydrogen-bond acceptors (Lipinski definition) is 5. The molecule has 0 heterocycles. The van der Waals surface area contributed by atoms with Gasteiger partial charge in [-0.05, 0) is 83.5 Å². The van der Waals surface area contributed by atoms with E-state index in [1.54, 1.807) is 0 Å². The van der Waals surface area contributed by atoms with E-state index in [4.69, 9.17) is 4.74 Å². The highest BCUT2D eigenvalue weighted by molar-refractivity contribution is 5.76. The largest absolute Gasteiger partial charge is 0.466 e. The van der Waals surface area contributed by atoms with Crippen LogP contribution in [0.2, 0.25) is 0 Å². The van der Waals surface area contributed by atoms with Crippen molar-refractivity contribution in [3.63, 3.8) is 0 Å². The molecule has 6 heteroatoms. The van der Waals surface area contributed by atoms with E-state index in [0.29, 0.717) is 25.9 Å². The van der Waals surface area contributed by atoms with Gasteiger partial charge in [0, 0.05) is 12.8 Å². The van der Waals surface area contributed by atoms with Gasteiger partial charge in [0.05, 0.1) is 25.4 Å². The Kier molecular flexibility index (Phi) is 55.0. The van der Waals surface area contributed by atoms with Crippen LogP contribution in [0.1, 0.15) is 316 Å². The lowest BCUT2D eigenvalue weighted by Gasteiger charge is -2.22. The van der Waals surface area contributed by atoms with Crippen molar-refractivity contribution < 1.29 is 24.5 Å². The smallest absolute Gasteiger partial charge is 0.305 e. The number of aliphatic hydroxyl groups is 2. The molecular formula is C61H115NO5. The quantitative estimate of drug-likeness (QED) is 0.0321. The number of allylic oxidation sites excluding steroid dienone is 6. The summed E-state index contributed by atoms with van der Waals surface area (Å²) in [7, 11) is 0. The summed E-state index contributed by atoms with van der Waals surface area (Å²) in [5.41, 5.74) is 0. The van der Waals surface area contributed by atoms with Crippen molar-refractivity contribution in [2.45, 2.75) is 328 Å². The number of amides is 1. The lowest BCUT2D eigenvalue weighted by molar-refractivity contribution is -0.143. The molecule has 0 spiro atoms. The maximum atomic E-state index is 12.4. The van der Waals surface area contributed by atoms with Crippen LogP contribution >= 0.6 is 0 Å². The Balaban J connectivity index is 3.43. The van der Waals surface area contributed by atoms with Crippen LogP contribution in [0, 0.1) is 0 Å². The van der Waals surface area contributed by atoms with Gasteiger partial charge in [-0.25, -0.2) is 0 Å². The van der Waals surface area contributed by atoms with E-state index in [1.165, 1.54) is 231 Å². The molecule has 0 fully saturated rings. The number of aliphatic hydroxyl groups excluding tert-OH is 2. The fraction of sp³-hybridized carbons (Fsp3) is 0.869. The van der Waals surface area contributed by atoms with Crippen molar-refractivity contribution in [2.75, 3.05) is 13.2 Å². The van der Waals surface area contributed by atoms with Gasteiger partial charge >= 0.3 is 5.97 Å². The predicted molar refractivity (Wildman–Crippen MR) is 292 cm³/mol. The van der Waals surface area contributed by atoms with Crippen molar-refractivity contribution in [2.24, 2.45) is 0 Å². The molecule has 0 radical (unpaired) electrons. The number of rotatable bonds is 55. The zero-order valence-electron chi connectivity index (χ0n) is 44.9. The van der Waals surface area contributed by atoms with Crippen LogP contribution < -0.4 is 5.32 Å². The summed E-state index contributed by atoms with van der Waals surface area (Å²) in [5, 5.41) is 23.2. The molecule has 0 aliphatic rings.